The summed E-state index contributed by atoms with van der Waals surface area (Å²) >= 11 is 1.51. The summed E-state index contributed by atoms with van der Waals surface area (Å²) in [5, 5.41) is 0. The lowest BCUT2D eigenvalue weighted by molar-refractivity contribution is -0.114. The fourth-order valence-electron chi connectivity index (χ4n) is 4.89. The van der Waals surface area contributed by atoms with Crippen molar-refractivity contribution in [2.45, 2.75) is 51.0 Å². The van der Waals surface area contributed by atoms with Gasteiger partial charge in [-0.2, -0.15) is 0 Å². The van der Waals surface area contributed by atoms with E-state index in [9.17, 15) is 9.59 Å². The van der Waals surface area contributed by atoms with Gasteiger partial charge in [0.25, 0.3) is 11.8 Å². The maximum Gasteiger partial charge on any atom is 0.265 e. The number of hydrogen-bond acceptors (Lipinski definition) is 3. The van der Waals surface area contributed by atoms with Crippen LogP contribution in [0.25, 0.3) is 6.08 Å². The molecule has 0 radical (unpaired) electrons. The quantitative estimate of drug-likeness (QED) is 0.365. The van der Waals surface area contributed by atoms with E-state index in [2.05, 4.69) is 38.1 Å². The maximum atomic E-state index is 13.7. The number of benzene rings is 3. The fraction of sp³-hybridized carbons (Fsp3) is 0.290. The largest absolute Gasteiger partial charge is 0.339 e. The highest BCUT2D eigenvalue weighted by Gasteiger charge is 2.29. The van der Waals surface area contributed by atoms with Crippen molar-refractivity contribution >= 4 is 35.3 Å². The third kappa shape index (κ3) is 5.26. The van der Waals surface area contributed by atoms with Gasteiger partial charge >= 0.3 is 0 Å². The van der Waals surface area contributed by atoms with Crippen molar-refractivity contribution in [3.05, 3.63) is 99.5 Å². The molecule has 0 saturated carbocycles. The SMILES string of the molecule is Cc1ccc(C)c(CN2C(=O)C(=Cc3ccc(C(=O)N4CCCCCC4)cc3)Sc3ccccc32)c1. The van der Waals surface area contributed by atoms with Gasteiger partial charge in [-0.3, -0.25) is 9.59 Å². The number of likely N-dealkylation sites (tertiary alicyclic amines) is 1. The maximum absolute atomic E-state index is 13.7. The number of hydrogen-bond donors (Lipinski definition) is 0. The van der Waals surface area contributed by atoms with Gasteiger partial charge in [0.1, 0.15) is 0 Å². The number of anilines is 1. The van der Waals surface area contributed by atoms with Crippen LogP contribution in [0.15, 0.2) is 76.5 Å². The van der Waals surface area contributed by atoms with Gasteiger partial charge in [-0.05, 0) is 73.7 Å². The molecule has 0 bridgehead atoms. The average Bonchev–Trinajstić information content (AvgIpc) is 3.18. The van der Waals surface area contributed by atoms with Crippen LogP contribution in [-0.4, -0.2) is 29.8 Å². The molecule has 4 nitrogen and oxygen atoms in total. The minimum atomic E-state index is 0.00401. The number of nitrogens with zero attached hydrogens (tertiary/aromatic N) is 2. The first-order chi connectivity index (χ1) is 17.5. The Kier molecular flexibility index (Phi) is 7.28. The molecule has 5 heteroatoms. The van der Waals surface area contributed by atoms with Crippen LogP contribution in [0.1, 0.15) is 58.3 Å². The van der Waals surface area contributed by atoms with Crippen molar-refractivity contribution in [2.24, 2.45) is 0 Å². The lowest BCUT2D eigenvalue weighted by Crippen LogP contribution is -2.34. The van der Waals surface area contributed by atoms with Gasteiger partial charge in [0.05, 0.1) is 17.1 Å². The average molecular weight is 497 g/mol. The van der Waals surface area contributed by atoms with Crippen LogP contribution in [0.5, 0.6) is 0 Å². The molecule has 2 amide bonds. The van der Waals surface area contributed by atoms with Crippen molar-refractivity contribution < 1.29 is 9.59 Å². The van der Waals surface area contributed by atoms with Gasteiger partial charge in [0.15, 0.2) is 0 Å². The molecule has 0 spiro atoms. The normalized spacial score (nSPS) is 17.2. The summed E-state index contributed by atoms with van der Waals surface area (Å²) in [7, 11) is 0. The van der Waals surface area contributed by atoms with Gasteiger partial charge in [-0.1, -0.05) is 72.6 Å². The third-order valence-corrected chi connectivity index (χ3v) is 8.09. The molecule has 3 aromatic carbocycles. The molecular formula is C31H32N2O2S. The molecule has 2 aliphatic heterocycles. The van der Waals surface area contributed by atoms with Gasteiger partial charge in [0.2, 0.25) is 0 Å². The van der Waals surface area contributed by atoms with Crippen LogP contribution in [0, 0.1) is 13.8 Å². The van der Waals surface area contributed by atoms with E-state index < -0.39 is 0 Å². The first-order valence-electron chi connectivity index (χ1n) is 12.8. The first kappa shape index (κ1) is 24.4. The Labute approximate surface area is 218 Å². The minimum Gasteiger partial charge on any atom is -0.339 e. The second kappa shape index (κ2) is 10.8. The Morgan fingerprint density at radius 1 is 0.917 bits per heavy atom. The summed E-state index contributed by atoms with van der Waals surface area (Å²) in [6.45, 7) is 6.38. The smallest absolute Gasteiger partial charge is 0.265 e. The van der Waals surface area contributed by atoms with Crippen LogP contribution < -0.4 is 4.90 Å². The Hall–Kier alpha value is -3.31. The zero-order valence-corrected chi connectivity index (χ0v) is 21.8. The number of thioether (sulfide) groups is 1. The van der Waals surface area contributed by atoms with Crippen molar-refractivity contribution in [3.8, 4) is 0 Å². The van der Waals surface area contributed by atoms with Crippen molar-refractivity contribution in [1.82, 2.24) is 4.90 Å². The molecule has 0 aliphatic carbocycles. The minimum absolute atomic E-state index is 0.00401. The third-order valence-electron chi connectivity index (χ3n) is 7.01. The van der Waals surface area contributed by atoms with E-state index in [4.69, 9.17) is 0 Å². The number of carbonyl (C=O) groups excluding carboxylic acids is 2. The van der Waals surface area contributed by atoms with Crippen molar-refractivity contribution in [1.29, 1.82) is 0 Å². The Morgan fingerprint density at radius 2 is 1.64 bits per heavy atom. The number of carbonyl (C=O) groups is 2. The van der Waals surface area contributed by atoms with Gasteiger partial charge in [-0.25, -0.2) is 0 Å². The Bertz CT molecular complexity index is 1300. The van der Waals surface area contributed by atoms with Crippen LogP contribution in [0.3, 0.4) is 0 Å². The summed E-state index contributed by atoms with van der Waals surface area (Å²) in [5.74, 6) is 0.108. The Balaban J connectivity index is 1.40. The first-order valence-corrected chi connectivity index (χ1v) is 13.6. The molecule has 0 unspecified atom stereocenters. The molecule has 0 atom stereocenters. The molecular weight excluding hydrogens is 464 g/mol. The van der Waals surface area contributed by atoms with E-state index in [0.29, 0.717) is 17.0 Å². The lowest BCUT2D eigenvalue weighted by atomic mass is 10.0. The van der Waals surface area contributed by atoms with E-state index in [1.165, 1.54) is 35.7 Å². The molecule has 5 rings (SSSR count). The summed E-state index contributed by atoms with van der Waals surface area (Å²) < 4.78 is 0. The van der Waals surface area contributed by atoms with Crippen LogP contribution in [0.4, 0.5) is 5.69 Å². The molecule has 1 saturated heterocycles. The van der Waals surface area contributed by atoms with E-state index in [-0.39, 0.29) is 11.8 Å². The van der Waals surface area contributed by atoms with E-state index in [1.54, 1.807) is 0 Å². The number of para-hydroxylation sites is 1. The van der Waals surface area contributed by atoms with Gasteiger partial charge in [0, 0.05) is 23.5 Å². The number of rotatable bonds is 4. The highest BCUT2D eigenvalue weighted by molar-refractivity contribution is 8.04. The van der Waals surface area contributed by atoms with E-state index >= 15 is 0 Å². The molecule has 2 heterocycles. The van der Waals surface area contributed by atoms with E-state index in [1.807, 2.05) is 58.3 Å². The predicted molar refractivity (Wildman–Crippen MR) is 148 cm³/mol. The zero-order valence-electron chi connectivity index (χ0n) is 21.0. The number of amides is 2. The number of aryl methyl sites for hydroxylation is 2. The topological polar surface area (TPSA) is 40.6 Å². The Morgan fingerprint density at radius 3 is 2.39 bits per heavy atom. The van der Waals surface area contributed by atoms with Gasteiger partial charge in [-0.15, -0.1) is 0 Å². The van der Waals surface area contributed by atoms with Crippen LogP contribution in [0.2, 0.25) is 0 Å². The highest BCUT2D eigenvalue weighted by atomic mass is 32.2. The highest BCUT2D eigenvalue weighted by Crippen LogP contribution is 2.42. The summed E-state index contributed by atoms with van der Waals surface area (Å²) in [5.41, 5.74) is 6.10. The van der Waals surface area contributed by atoms with Crippen molar-refractivity contribution in [2.75, 3.05) is 18.0 Å². The summed E-state index contributed by atoms with van der Waals surface area (Å²) in [6.07, 6.45) is 6.50. The van der Waals surface area contributed by atoms with Crippen LogP contribution >= 0.6 is 11.8 Å². The van der Waals surface area contributed by atoms with E-state index in [0.717, 1.165) is 47.6 Å². The molecule has 0 N–H and O–H groups in total. The standard InChI is InChI=1S/C31H32N2O2S/c1-22-11-12-23(2)26(19-22)21-33-27-9-5-6-10-28(27)36-29(31(33)35)20-24-13-15-25(16-14-24)30(34)32-17-7-3-4-8-18-32/h5-6,9-16,19-20H,3-4,7-8,17-18,21H2,1-2H3. The van der Waals surface area contributed by atoms with Gasteiger partial charge < -0.3 is 9.80 Å². The summed E-state index contributed by atoms with van der Waals surface area (Å²) in [4.78, 5) is 32.3. The van der Waals surface area contributed by atoms with Crippen LogP contribution in [-0.2, 0) is 11.3 Å². The molecule has 0 aromatic heterocycles. The summed E-state index contributed by atoms with van der Waals surface area (Å²) in [6, 6.07) is 22.1. The predicted octanol–water partition coefficient (Wildman–Crippen LogP) is 7.00. The molecule has 36 heavy (non-hydrogen) atoms. The number of fused-ring (bicyclic) bond motifs is 1. The zero-order chi connectivity index (χ0) is 25.1. The molecule has 2 aliphatic rings. The molecule has 184 valence electrons. The fourth-order valence-corrected chi connectivity index (χ4v) is 5.95. The lowest BCUT2D eigenvalue weighted by Gasteiger charge is -2.31. The second-order valence-electron chi connectivity index (χ2n) is 9.73. The monoisotopic (exact) mass is 496 g/mol. The molecule has 3 aromatic rings. The molecule has 1 fully saturated rings. The second-order valence-corrected chi connectivity index (χ2v) is 10.8. The van der Waals surface area contributed by atoms with Crippen molar-refractivity contribution in [3.63, 3.8) is 0 Å².